The molecule has 1 atom stereocenters. The number of hydrogen-bond donors (Lipinski definition) is 1. The van der Waals surface area contributed by atoms with E-state index in [9.17, 15) is 13.2 Å². The summed E-state index contributed by atoms with van der Waals surface area (Å²) in [5, 5.41) is 3.47. The monoisotopic (exact) mass is 337 g/mol. The second-order valence-electron chi connectivity index (χ2n) is 6.51. The number of piperidine rings is 1. The second-order valence-corrected chi connectivity index (χ2v) is 8.45. The average Bonchev–Trinajstić information content (AvgIpc) is 2.46. The first-order valence-electron chi connectivity index (χ1n) is 7.93. The molecule has 3 rings (SSSR count). The normalized spacial score (nSPS) is 23.8. The van der Waals surface area contributed by atoms with Crippen molar-refractivity contribution in [3.63, 3.8) is 0 Å². The largest absolute Gasteiger partial charge is 0.344 e. The molecule has 2 fully saturated rings. The Hall–Kier alpha value is -1.44. The van der Waals surface area contributed by atoms with Crippen LogP contribution in [0.15, 0.2) is 29.2 Å². The molecule has 0 radical (unpaired) electrons. The van der Waals surface area contributed by atoms with E-state index in [4.69, 9.17) is 0 Å². The van der Waals surface area contributed by atoms with Crippen LogP contribution >= 0.6 is 0 Å². The molecule has 126 valence electrons. The first-order chi connectivity index (χ1) is 10.9. The minimum Gasteiger partial charge on any atom is -0.344 e. The van der Waals surface area contributed by atoms with Crippen LogP contribution in [0.25, 0.3) is 0 Å². The van der Waals surface area contributed by atoms with E-state index in [0.29, 0.717) is 31.0 Å². The molecule has 0 aliphatic carbocycles. The number of nitrogens with one attached hydrogen (secondary N) is 1. The Bertz CT molecular complexity index is 681. The number of aryl methyl sites for hydroxylation is 1. The fourth-order valence-electron chi connectivity index (χ4n) is 3.08. The van der Waals surface area contributed by atoms with E-state index in [0.717, 1.165) is 12.0 Å². The molecule has 0 aromatic heterocycles. The number of nitrogens with zero attached hydrogens (tertiary/aromatic N) is 2. The van der Waals surface area contributed by atoms with Crippen LogP contribution in [0.3, 0.4) is 0 Å². The van der Waals surface area contributed by atoms with E-state index in [2.05, 4.69) is 5.32 Å². The van der Waals surface area contributed by atoms with Gasteiger partial charge in [-0.15, -0.1) is 0 Å². The number of likely N-dealkylation sites (N-methyl/N-ethyl adjacent to an activating group) is 1. The molecule has 7 heteroatoms. The molecule has 1 aromatic rings. The summed E-state index contributed by atoms with van der Waals surface area (Å²) >= 11 is 0. The van der Waals surface area contributed by atoms with Crippen molar-refractivity contribution >= 4 is 15.9 Å². The van der Waals surface area contributed by atoms with Crippen LogP contribution in [0, 0.1) is 6.92 Å². The van der Waals surface area contributed by atoms with Crippen LogP contribution in [0.5, 0.6) is 0 Å². The van der Waals surface area contributed by atoms with E-state index in [1.54, 1.807) is 17.0 Å². The fourth-order valence-corrected chi connectivity index (χ4v) is 4.61. The zero-order valence-corrected chi connectivity index (χ0v) is 14.3. The summed E-state index contributed by atoms with van der Waals surface area (Å²) in [5.74, 6) is 0.181. The Morgan fingerprint density at radius 1 is 1.09 bits per heavy atom. The van der Waals surface area contributed by atoms with Crippen molar-refractivity contribution in [1.82, 2.24) is 14.5 Å². The smallest absolute Gasteiger partial charge is 0.243 e. The van der Waals surface area contributed by atoms with E-state index < -0.39 is 10.0 Å². The number of hydrogen-bond acceptors (Lipinski definition) is 4. The maximum absolute atomic E-state index is 12.5. The van der Waals surface area contributed by atoms with E-state index in [1.165, 1.54) is 4.31 Å². The molecule has 2 aliphatic heterocycles. The minimum absolute atomic E-state index is 0.168. The SMILES string of the molecule is Cc1ccc(S(=O)(=O)N2CC(NC3CCC(=O)N(C)C3)C2)cc1. The third-order valence-corrected chi connectivity index (χ3v) is 6.45. The number of carbonyl (C=O) groups excluding carboxylic acids is 1. The molecule has 0 spiro atoms. The van der Waals surface area contributed by atoms with Crippen molar-refractivity contribution < 1.29 is 13.2 Å². The summed E-state index contributed by atoms with van der Waals surface area (Å²) in [6.07, 6.45) is 1.39. The standard InChI is InChI=1S/C16H23N3O3S/c1-12-3-6-15(7-4-12)23(21,22)19-10-14(11-19)17-13-5-8-16(20)18(2)9-13/h3-4,6-7,13-14,17H,5,8-11H2,1-2H3. The number of amides is 1. The lowest BCUT2D eigenvalue weighted by Crippen LogP contribution is -2.63. The first-order valence-corrected chi connectivity index (χ1v) is 9.37. The van der Waals surface area contributed by atoms with Gasteiger partial charge in [-0.05, 0) is 25.5 Å². The van der Waals surface area contributed by atoms with Gasteiger partial charge in [-0.1, -0.05) is 17.7 Å². The summed E-state index contributed by atoms with van der Waals surface area (Å²) in [7, 11) is -1.57. The highest BCUT2D eigenvalue weighted by Crippen LogP contribution is 2.23. The van der Waals surface area contributed by atoms with Crippen molar-refractivity contribution in [3.05, 3.63) is 29.8 Å². The maximum Gasteiger partial charge on any atom is 0.243 e. The Balaban J connectivity index is 1.54. The van der Waals surface area contributed by atoms with Crippen molar-refractivity contribution in [1.29, 1.82) is 0 Å². The van der Waals surface area contributed by atoms with Gasteiger partial charge in [0.05, 0.1) is 4.90 Å². The number of carbonyl (C=O) groups is 1. The van der Waals surface area contributed by atoms with Crippen molar-refractivity contribution in [2.24, 2.45) is 0 Å². The predicted molar refractivity (Wildman–Crippen MR) is 87.5 cm³/mol. The zero-order valence-electron chi connectivity index (χ0n) is 13.5. The molecular weight excluding hydrogens is 314 g/mol. The number of sulfonamides is 1. The van der Waals surface area contributed by atoms with Gasteiger partial charge in [0.2, 0.25) is 15.9 Å². The quantitative estimate of drug-likeness (QED) is 0.872. The second kappa shape index (κ2) is 6.22. The highest BCUT2D eigenvalue weighted by atomic mass is 32.2. The van der Waals surface area contributed by atoms with E-state index >= 15 is 0 Å². The van der Waals surface area contributed by atoms with Crippen LogP contribution < -0.4 is 5.32 Å². The van der Waals surface area contributed by atoms with Gasteiger partial charge in [0.25, 0.3) is 0 Å². The Kier molecular flexibility index (Phi) is 4.44. The third-order valence-electron chi connectivity index (χ3n) is 4.60. The zero-order chi connectivity index (χ0) is 16.6. The molecule has 1 N–H and O–H groups in total. The average molecular weight is 337 g/mol. The molecule has 2 saturated heterocycles. The first kappa shape index (κ1) is 16.4. The highest BCUT2D eigenvalue weighted by Gasteiger charge is 2.38. The van der Waals surface area contributed by atoms with Gasteiger partial charge in [0, 0.05) is 45.2 Å². The third kappa shape index (κ3) is 3.41. The summed E-state index contributed by atoms with van der Waals surface area (Å²) in [4.78, 5) is 13.6. The predicted octanol–water partition coefficient (Wildman–Crippen LogP) is 0.578. The van der Waals surface area contributed by atoms with Crippen LogP contribution in [-0.4, -0.2) is 62.3 Å². The van der Waals surface area contributed by atoms with Crippen LogP contribution in [-0.2, 0) is 14.8 Å². The lowest BCUT2D eigenvalue weighted by Gasteiger charge is -2.42. The van der Waals surface area contributed by atoms with Crippen molar-refractivity contribution in [3.8, 4) is 0 Å². The van der Waals surface area contributed by atoms with Gasteiger partial charge in [0.1, 0.15) is 0 Å². The number of benzene rings is 1. The molecule has 23 heavy (non-hydrogen) atoms. The Morgan fingerprint density at radius 2 is 1.74 bits per heavy atom. The van der Waals surface area contributed by atoms with Crippen molar-refractivity contribution in [2.75, 3.05) is 26.7 Å². The van der Waals surface area contributed by atoms with Gasteiger partial charge in [-0.3, -0.25) is 4.79 Å². The van der Waals surface area contributed by atoms with Gasteiger partial charge in [-0.25, -0.2) is 8.42 Å². The minimum atomic E-state index is -3.38. The molecule has 0 bridgehead atoms. The van der Waals surface area contributed by atoms with E-state index in [1.807, 2.05) is 26.1 Å². The topological polar surface area (TPSA) is 69.7 Å². The lowest BCUT2D eigenvalue weighted by atomic mass is 10.0. The van der Waals surface area contributed by atoms with Crippen molar-refractivity contribution in [2.45, 2.75) is 36.7 Å². The van der Waals surface area contributed by atoms with Crippen LogP contribution in [0.4, 0.5) is 0 Å². The number of likely N-dealkylation sites (tertiary alicyclic amines) is 1. The van der Waals surface area contributed by atoms with E-state index in [-0.39, 0.29) is 18.0 Å². The molecule has 1 aromatic carbocycles. The number of rotatable bonds is 4. The molecular formula is C16H23N3O3S. The molecule has 0 saturated carbocycles. The summed E-state index contributed by atoms with van der Waals surface area (Å²) in [6, 6.07) is 7.38. The molecule has 1 amide bonds. The molecule has 2 aliphatic rings. The highest BCUT2D eigenvalue weighted by molar-refractivity contribution is 7.89. The summed E-state index contributed by atoms with van der Waals surface area (Å²) in [6.45, 7) is 3.61. The molecule has 6 nitrogen and oxygen atoms in total. The fraction of sp³-hybridized carbons (Fsp3) is 0.562. The maximum atomic E-state index is 12.5. The summed E-state index contributed by atoms with van der Waals surface area (Å²) in [5.41, 5.74) is 1.04. The molecule has 1 unspecified atom stereocenters. The molecule has 2 heterocycles. The van der Waals surface area contributed by atoms with Gasteiger partial charge in [0.15, 0.2) is 0 Å². The Labute approximate surface area is 137 Å². The van der Waals surface area contributed by atoms with Gasteiger partial charge >= 0.3 is 0 Å². The van der Waals surface area contributed by atoms with Gasteiger partial charge < -0.3 is 10.2 Å². The summed E-state index contributed by atoms with van der Waals surface area (Å²) < 4.78 is 26.5. The van der Waals surface area contributed by atoms with Crippen LogP contribution in [0.1, 0.15) is 18.4 Å². The van der Waals surface area contributed by atoms with Gasteiger partial charge in [-0.2, -0.15) is 4.31 Å². The lowest BCUT2D eigenvalue weighted by molar-refractivity contribution is -0.132. The Morgan fingerprint density at radius 3 is 2.35 bits per heavy atom. The van der Waals surface area contributed by atoms with Crippen LogP contribution in [0.2, 0.25) is 0 Å².